The van der Waals surface area contributed by atoms with Crippen molar-refractivity contribution in [1.29, 1.82) is 0 Å². The number of hydrogen-bond acceptors (Lipinski definition) is 5. The maximum absolute atomic E-state index is 14.5. The van der Waals surface area contributed by atoms with Gasteiger partial charge in [-0.15, -0.1) is 0 Å². The van der Waals surface area contributed by atoms with Gasteiger partial charge in [-0.05, 0) is 54.6 Å². The highest BCUT2D eigenvalue weighted by atomic mass is 32.2. The van der Waals surface area contributed by atoms with Gasteiger partial charge in [0.1, 0.15) is 11.6 Å². The van der Waals surface area contributed by atoms with Crippen molar-refractivity contribution in [3.05, 3.63) is 77.9 Å². The standard InChI is InChI=1S/C21H18F2N2O5S/c1-29-19-10-7-15(11-20(19)30-2)25-31(27,28)16-8-9-18(17(23)12-16)24-21(26)13-3-5-14(22)6-4-13/h3-12,25H,1-2H3,(H,24,26). The minimum absolute atomic E-state index is 0.118. The smallest absolute Gasteiger partial charge is 0.262 e. The van der Waals surface area contributed by atoms with E-state index in [1.54, 1.807) is 0 Å². The van der Waals surface area contributed by atoms with E-state index in [4.69, 9.17) is 9.47 Å². The van der Waals surface area contributed by atoms with Crippen LogP contribution in [-0.4, -0.2) is 28.5 Å². The minimum Gasteiger partial charge on any atom is -0.493 e. The lowest BCUT2D eigenvalue weighted by Crippen LogP contribution is -2.15. The zero-order valence-electron chi connectivity index (χ0n) is 16.5. The molecule has 0 aliphatic rings. The second-order valence-electron chi connectivity index (χ2n) is 6.28. The molecule has 162 valence electrons. The van der Waals surface area contributed by atoms with Crippen molar-refractivity contribution < 1.29 is 31.5 Å². The number of carbonyl (C=O) groups is 1. The molecule has 0 fully saturated rings. The SMILES string of the molecule is COc1ccc(NS(=O)(=O)c2ccc(NC(=O)c3ccc(F)cc3)c(F)c2)cc1OC. The molecule has 31 heavy (non-hydrogen) atoms. The summed E-state index contributed by atoms with van der Waals surface area (Å²) in [7, 11) is -1.27. The third-order valence-electron chi connectivity index (χ3n) is 4.24. The lowest BCUT2D eigenvalue weighted by Gasteiger charge is -2.13. The van der Waals surface area contributed by atoms with Crippen molar-refractivity contribution in [2.45, 2.75) is 4.90 Å². The van der Waals surface area contributed by atoms with Crippen LogP contribution in [0.3, 0.4) is 0 Å². The number of hydrogen-bond donors (Lipinski definition) is 2. The maximum Gasteiger partial charge on any atom is 0.262 e. The fraction of sp³-hybridized carbons (Fsp3) is 0.0952. The quantitative estimate of drug-likeness (QED) is 0.569. The van der Waals surface area contributed by atoms with E-state index in [0.29, 0.717) is 11.5 Å². The molecule has 0 saturated heterocycles. The second-order valence-corrected chi connectivity index (χ2v) is 7.96. The van der Waals surface area contributed by atoms with Crippen LogP contribution in [0.15, 0.2) is 65.6 Å². The first-order valence-corrected chi connectivity index (χ1v) is 10.3. The third-order valence-corrected chi connectivity index (χ3v) is 5.62. The Hall–Kier alpha value is -3.66. The van der Waals surface area contributed by atoms with Crippen LogP contribution >= 0.6 is 0 Å². The Morgan fingerprint density at radius 3 is 2.16 bits per heavy atom. The van der Waals surface area contributed by atoms with Crippen LogP contribution in [0.25, 0.3) is 0 Å². The Morgan fingerprint density at radius 1 is 0.871 bits per heavy atom. The first-order valence-electron chi connectivity index (χ1n) is 8.85. The van der Waals surface area contributed by atoms with E-state index in [1.807, 2.05) is 0 Å². The molecule has 1 amide bonds. The number of nitrogens with one attached hydrogen (secondary N) is 2. The fourth-order valence-corrected chi connectivity index (χ4v) is 3.73. The maximum atomic E-state index is 14.5. The number of rotatable bonds is 7. The Labute approximate surface area is 177 Å². The summed E-state index contributed by atoms with van der Waals surface area (Å²) < 4.78 is 65.2. The van der Waals surface area contributed by atoms with E-state index in [-0.39, 0.29) is 21.8 Å². The highest BCUT2D eigenvalue weighted by Gasteiger charge is 2.19. The Kier molecular flexibility index (Phi) is 6.40. The van der Waals surface area contributed by atoms with Crippen LogP contribution in [0.2, 0.25) is 0 Å². The summed E-state index contributed by atoms with van der Waals surface area (Å²) >= 11 is 0. The number of sulfonamides is 1. The van der Waals surface area contributed by atoms with E-state index in [2.05, 4.69) is 10.0 Å². The number of carbonyl (C=O) groups excluding carboxylic acids is 1. The first-order chi connectivity index (χ1) is 14.7. The van der Waals surface area contributed by atoms with Crippen LogP contribution < -0.4 is 19.5 Å². The molecule has 0 saturated carbocycles. The molecule has 0 aliphatic heterocycles. The average molecular weight is 448 g/mol. The molecular weight excluding hydrogens is 430 g/mol. The molecule has 7 nitrogen and oxygen atoms in total. The van der Waals surface area contributed by atoms with Crippen LogP contribution in [0.4, 0.5) is 20.2 Å². The topological polar surface area (TPSA) is 93.7 Å². The van der Waals surface area contributed by atoms with Crippen molar-refractivity contribution in [3.63, 3.8) is 0 Å². The molecule has 3 rings (SSSR count). The van der Waals surface area contributed by atoms with Crippen molar-refractivity contribution in [3.8, 4) is 11.5 Å². The van der Waals surface area contributed by atoms with Gasteiger partial charge in [-0.1, -0.05) is 0 Å². The summed E-state index contributed by atoms with van der Waals surface area (Å²) in [6.07, 6.45) is 0. The molecular formula is C21H18F2N2O5S. The van der Waals surface area contributed by atoms with Crippen molar-refractivity contribution in [1.82, 2.24) is 0 Å². The molecule has 3 aromatic carbocycles. The summed E-state index contributed by atoms with van der Waals surface area (Å²) in [4.78, 5) is 11.8. The van der Waals surface area contributed by atoms with Gasteiger partial charge >= 0.3 is 0 Å². The van der Waals surface area contributed by atoms with Gasteiger partial charge in [0.2, 0.25) is 0 Å². The lowest BCUT2D eigenvalue weighted by atomic mass is 10.2. The molecule has 0 aromatic heterocycles. The summed E-state index contributed by atoms with van der Waals surface area (Å²) in [6.45, 7) is 0. The van der Waals surface area contributed by atoms with Gasteiger partial charge in [-0.2, -0.15) is 0 Å². The van der Waals surface area contributed by atoms with Crippen LogP contribution in [0.5, 0.6) is 11.5 Å². The van der Waals surface area contributed by atoms with Gasteiger partial charge in [-0.3, -0.25) is 9.52 Å². The molecule has 0 heterocycles. The third kappa shape index (κ3) is 5.10. The van der Waals surface area contributed by atoms with E-state index in [1.165, 1.54) is 44.6 Å². The van der Waals surface area contributed by atoms with Crippen molar-refractivity contribution >= 4 is 27.3 Å². The number of benzene rings is 3. The number of ether oxygens (including phenoxy) is 2. The van der Waals surface area contributed by atoms with Gasteiger partial charge in [0.25, 0.3) is 15.9 Å². The lowest BCUT2D eigenvalue weighted by molar-refractivity contribution is 0.102. The Bertz CT molecular complexity index is 1210. The molecule has 0 aliphatic carbocycles. The van der Waals surface area contributed by atoms with E-state index < -0.39 is 27.6 Å². The van der Waals surface area contributed by atoms with E-state index >= 15 is 0 Å². The second kappa shape index (κ2) is 9.00. The predicted octanol–water partition coefficient (Wildman–Crippen LogP) is 4.04. The van der Waals surface area contributed by atoms with Gasteiger partial charge in [0.15, 0.2) is 11.5 Å². The number of amides is 1. The monoisotopic (exact) mass is 448 g/mol. The Balaban J connectivity index is 1.79. The van der Waals surface area contributed by atoms with Crippen molar-refractivity contribution in [2.75, 3.05) is 24.3 Å². The van der Waals surface area contributed by atoms with Gasteiger partial charge in [-0.25, -0.2) is 17.2 Å². The number of methoxy groups -OCH3 is 2. The minimum atomic E-state index is -4.12. The Morgan fingerprint density at radius 2 is 1.55 bits per heavy atom. The van der Waals surface area contributed by atoms with Crippen LogP contribution in [0.1, 0.15) is 10.4 Å². The first kappa shape index (κ1) is 22.0. The summed E-state index contributed by atoms with van der Waals surface area (Å²) in [5.74, 6) is -1.41. The van der Waals surface area contributed by atoms with Crippen LogP contribution in [0, 0.1) is 11.6 Å². The molecule has 0 radical (unpaired) electrons. The predicted molar refractivity (Wildman–Crippen MR) is 111 cm³/mol. The van der Waals surface area contributed by atoms with Crippen molar-refractivity contribution in [2.24, 2.45) is 0 Å². The van der Waals surface area contributed by atoms with E-state index in [9.17, 15) is 22.0 Å². The summed E-state index contributed by atoms with van der Waals surface area (Å²) in [6, 6.07) is 12.1. The van der Waals surface area contributed by atoms with Gasteiger partial charge in [0.05, 0.1) is 30.5 Å². The average Bonchev–Trinajstić information content (AvgIpc) is 2.75. The summed E-state index contributed by atoms with van der Waals surface area (Å²) in [5, 5.41) is 2.32. The molecule has 0 unspecified atom stereocenters. The van der Waals surface area contributed by atoms with Crippen LogP contribution in [-0.2, 0) is 10.0 Å². The zero-order chi connectivity index (χ0) is 22.6. The summed E-state index contributed by atoms with van der Waals surface area (Å²) in [5.41, 5.74) is 0.0822. The number of halogens is 2. The number of anilines is 2. The zero-order valence-corrected chi connectivity index (χ0v) is 17.3. The normalized spacial score (nSPS) is 11.0. The van der Waals surface area contributed by atoms with Gasteiger partial charge in [0, 0.05) is 11.6 Å². The molecule has 0 bridgehead atoms. The van der Waals surface area contributed by atoms with E-state index in [0.717, 1.165) is 30.3 Å². The largest absolute Gasteiger partial charge is 0.493 e. The van der Waals surface area contributed by atoms with Gasteiger partial charge < -0.3 is 14.8 Å². The molecule has 3 aromatic rings. The fourth-order valence-electron chi connectivity index (χ4n) is 2.67. The molecule has 2 N–H and O–H groups in total. The molecule has 0 atom stereocenters. The molecule has 10 heteroatoms. The molecule has 0 spiro atoms. The highest BCUT2D eigenvalue weighted by molar-refractivity contribution is 7.92. The highest BCUT2D eigenvalue weighted by Crippen LogP contribution is 2.31.